The Bertz CT molecular complexity index is 954. The van der Waals surface area contributed by atoms with Crippen LogP contribution in [0, 0.1) is 17.5 Å². The number of aromatic nitrogens is 4. The largest absolute Gasteiger partial charge is 0.384 e. The van der Waals surface area contributed by atoms with E-state index in [4.69, 9.17) is 18.0 Å². The van der Waals surface area contributed by atoms with Crippen LogP contribution in [0.5, 0.6) is 0 Å². The second-order valence-corrected chi connectivity index (χ2v) is 6.13. The average Bonchev–Trinajstić information content (AvgIpc) is 2.50. The number of anilines is 1. The number of nitrogens with two attached hydrogens (primary N) is 1. The van der Waals surface area contributed by atoms with Crippen molar-refractivity contribution < 1.29 is 4.39 Å². The molecule has 0 radical (unpaired) electrons. The highest BCUT2D eigenvalue weighted by Crippen LogP contribution is 2.28. The van der Waals surface area contributed by atoms with Crippen molar-refractivity contribution >= 4 is 40.8 Å². The second kappa shape index (κ2) is 6.21. The number of hydrogen-bond donors (Lipinski definition) is 1. The highest BCUT2D eigenvalue weighted by molar-refractivity contribution is 7.98. The molecule has 2 heterocycles. The Morgan fingerprint density at radius 1 is 1.30 bits per heavy atom. The number of thioether (sulfide) groups is 1. The van der Waals surface area contributed by atoms with Crippen LogP contribution >= 0.6 is 24.0 Å². The first-order chi connectivity index (χ1) is 11.0. The van der Waals surface area contributed by atoms with Crippen molar-refractivity contribution in [3.63, 3.8) is 0 Å². The van der Waals surface area contributed by atoms with E-state index in [-0.39, 0.29) is 5.82 Å². The maximum absolute atomic E-state index is 13.4. The maximum atomic E-state index is 13.4. The molecule has 1 aromatic carbocycles. The van der Waals surface area contributed by atoms with Gasteiger partial charge >= 0.3 is 0 Å². The van der Waals surface area contributed by atoms with Crippen molar-refractivity contribution in [1.29, 1.82) is 0 Å². The Balaban J connectivity index is 2.22. The van der Waals surface area contributed by atoms with E-state index >= 15 is 0 Å². The van der Waals surface area contributed by atoms with E-state index in [1.54, 1.807) is 17.6 Å². The molecular weight excluding hydrogens is 333 g/mol. The Kier molecular flexibility index (Phi) is 4.27. The monoisotopic (exact) mass is 347 g/mol. The third-order valence-electron chi connectivity index (χ3n) is 3.37. The highest BCUT2D eigenvalue weighted by Gasteiger charge is 2.14. The van der Waals surface area contributed by atoms with E-state index in [2.05, 4.69) is 15.0 Å². The number of rotatable bonds is 3. The maximum Gasteiger partial charge on any atom is 0.203 e. The van der Waals surface area contributed by atoms with Crippen molar-refractivity contribution in [3.8, 4) is 0 Å². The summed E-state index contributed by atoms with van der Waals surface area (Å²) in [6.45, 7) is 2.14. The van der Waals surface area contributed by atoms with Crippen LogP contribution in [0.25, 0.3) is 11.0 Å². The van der Waals surface area contributed by atoms with Crippen molar-refractivity contribution in [2.45, 2.75) is 18.5 Å². The molecule has 3 rings (SSSR count). The standard InChI is InChI=1S/C15H14FN5S2/c1-8-18-13-11(14(19-8)23-2)12(17)21(15(22)20-13)7-9-4-3-5-10(16)6-9/h3-6H,7,17H2,1-2H3. The van der Waals surface area contributed by atoms with Gasteiger partial charge in [0.25, 0.3) is 0 Å². The molecule has 0 unspecified atom stereocenters. The zero-order valence-electron chi connectivity index (χ0n) is 12.6. The first kappa shape index (κ1) is 15.8. The molecule has 0 aliphatic heterocycles. The SMILES string of the molecule is CSc1nc(C)nc2nc(=S)n(Cc3cccc(F)c3)c(N)c12. The van der Waals surface area contributed by atoms with Gasteiger partial charge in [-0.2, -0.15) is 4.98 Å². The number of hydrogen-bond acceptors (Lipinski definition) is 6. The lowest BCUT2D eigenvalue weighted by atomic mass is 10.2. The topological polar surface area (TPSA) is 69.6 Å². The minimum atomic E-state index is -0.301. The van der Waals surface area contributed by atoms with Gasteiger partial charge in [0.1, 0.15) is 22.5 Å². The normalized spacial score (nSPS) is 11.1. The Labute approximate surface area is 141 Å². The van der Waals surface area contributed by atoms with Crippen LogP contribution in [0.3, 0.4) is 0 Å². The fourth-order valence-corrected chi connectivity index (χ4v) is 3.22. The predicted octanol–water partition coefficient (Wildman–Crippen LogP) is 3.36. The van der Waals surface area contributed by atoms with Crippen LogP contribution in [0.15, 0.2) is 29.3 Å². The quantitative estimate of drug-likeness (QED) is 0.445. The fraction of sp³-hybridized carbons (Fsp3) is 0.200. The lowest BCUT2D eigenvalue weighted by Gasteiger charge is -2.14. The van der Waals surface area contributed by atoms with Crippen LogP contribution in [-0.4, -0.2) is 25.8 Å². The van der Waals surface area contributed by atoms with Gasteiger partial charge in [-0.05, 0) is 43.1 Å². The molecule has 0 fully saturated rings. The van der Waals surface area contributed by atoms with E-state index in [9.17, 15) is 4.39 Å². The summed E-state index contributed by atoms with van der Waals surface area (Å²) in [5, 5.41) is 1.42. The average molecular weight is 347 g/mol. The van der Waals surface area contributed by atoms with Crippen molar-refractivity contribution in [1.82, 2.24) is 19.5 Å². The molecule has 0 saturated carbocycles. The molecular formula is C15H14FN5S2. The summed E-state index contributed by atoms with van der Waals surface area (Å²) in [5.74, 6) is 0.754. The predicted molar refractivity (Wildman–Crippen MR) is 92.6 cm³/mol. The van der Waals surface area contributed by atoms with E-state index in [1.165, 1.54) is 23.9 Å². The summed E-state index contributed by atoms with van der Waals surface area (Å²) >= 11 is 6.80. The molecule has 2 N–H and O–H groups in total. The van der Waals surface area contributed by atoms with Crippen molar-refractivity contribution in [2.24, 2.45) is 0 Å². The van der Waals surface area contributed by atoms with Crippen LogP contribution in [0.1, 0.15) is 11.4 Å². The van der Waals surface area contributed by atoms with Gasteiger partial charge < -0.3 is 5.73 Å². The number of benzene rings is 1. The molecule has 23 heavy (non-hydrogen) atoms. The first-order valence-electron chi connectivity index (χ1n) is 6.82. The lowest BCUT2D eigenvalue weighted by molar-refractivity contribution is 0.623. The molecule has 2 aromatic heterocycles. The van der Waals surface area contributed by atoms with Crippen LogP contribution in [0.4, 0.5) is 10.2 Å². The third-order valence-corrected chi connectivity index (χ3v) is 4.36. The number of aryl methyl sites for hydroxylation is 1. The first-order valence-corrected chi connectivity index (χ1v) is 8.46. The Morgan fingerprint density at radius 3 is 2.78 bits per heavy atom. The van der Waals surface area contributed by atoms with E-state index in [0.717, 1.165) is 10.6 Å². The minimum Gasteiger partial charge on any atom is -0.384 e. The zero-order chi connectivity index (χ0) is 16.6. The van der Waals surface area contributed by atoms with Gasteiger partial charge in [-0.25, -0.2) is 14.4 Å². The van der Waals surface area contributed by atoms with Gasteiger partial charge in [-0.3, -0.25) is 4.57 Å². The van der Waals surface area contributed by atoms with Gasteiger partial charge in [0.05, 0.1) is 11.9 Å². The number of fused-ring (bicyclic) bond motifs is 1. The van der Waals surface area contributed by atoms with Gasteiger partial charge in [0, 0.05) is 0 Å². The zero-order valence-corrected chi connectivity index (χ0v) is 14.2. The molecule has 0 saturated heterocycles. The van der Waals surface area contributed by atoms with Gasteiger partial charge in [-0.1, -0.05) is 12.1 Å². The molecule has 0 aliphatic carbocycles. The molecule has 0 aliphatic rings. The number of nitrogens with zero attached hydrogens (tertiary/aromatic N) is 4. The number of halogens is 1. The van der Waals surface area contributed by atoms with E-state index < -0.39 is 0 Å². The van der Waals surface area contributed by atoms with Crippen LogP contribution in [0.2, 0.25) is 0 Å². The lowest BCUT2D eigenvalue weighted by Crippen LogP contribution is -2.12. The fourth-order valence-electron chi connectivity index (χ4n) is 2.35. The summed E-state index contributed by atoms with van der Waals surface area (Å²) in [6.07, 6.45) is 1.92. The van der Waals surface area contributed by atoms with Crippen molar-refractivity contribution in [2.75, 3.05) is 12.0 Å². The highest BCUT2D eigenvalue weighted by atomic mass is 32.2. The Morgan fingerprint density at radius 2 is 2.09 bits per heavy atom. The van der Waals surface area contributed by atoms with Crippen LogP contribution in [-0.2, 0) is 6.54 Å². The summed E-state index contributed by atoms with van der Waals surface area (Å²) in [6, 6.07) is 6.31. The Hall–Kier alpha value is -2.06. The van der Waals surface area contributed by atoms with Crippen molar-refractivity contribution in [3.05, 3.63) is 46.2 Å². The van der Waals surface area contributed by atoms with Crippen LogP contribution < -0.4 is 5.73 Å². The summed E-state index contributed by atoms with van der Waals surface area (Å²) < 4.78 is 15.4. The molecule has 118 valence electrons. The smallest absolute Gasteiger partial charge is 0.203 e. The summed E-state index contributed by atoms with van der Waals surface area (Å²) in [4.78, 5) is 13.1. The molecule has 0 atom stereocenters. The molecule has 0 amide bonds. The summed E-state index contributed by atoms with van der Waals surface area (Å²) in [7, 11) is 0. The number of nitrogen functional groups attached to an aromatic ring is 1. The molecule has 0 bridgehead atoms. The van der Waals surface area contributed by atoms with E-state index in [0.29, 0.717) is 34.0 Å². The molecule has 8 heteroatoms. The molecule has 3 aromatic rings. The third kappa shape index (κ3) is 3.04. The molecule has 0 spiro atoms. The van der Waals surface area contributed by atoms with E-state index in [1.807, 2.05) is 12.3 Å². The van der Waals surface area contributed by atoms with Gasteiger partial charge in [0.15, 0.2) is 5.65 Å². The summed E-state index contributed by atoms with van der Waals surface area (Å²) in [5.41, 5.74) is 7.54. The molecule has 5 nitrogen and oxygen atoms in total. The van der Waals surface area contributed by atoms with Gasteiger partial charge in [0.2, 0.25) is 4.77 Å². The van der Waals surface area contributed by atoms with Gasteiger partial charge in [-0.15, -0.1) is 11.8 Å². The minimum absolute atomic E-state index is 0.301. The second-order valence-electron chi connectivity index (χ2n) is 4.97.